The molecule has 0 bridgehead atoms. The molecule has 3 heterocycles. The number of pyridine rings is 1. The summed E-state index contributed by atoms with van der Waals surface area (Å²) < 4.78 is 38.0. The Morgan fingerprint density at radius 3 is 2.37 bits per heavy atom. The van der Waals surface area contributed by atoms with Gasteiger partial charge in [0, 0.05) is 37.3 Å². The summed E-state index contributed by atoms with van der Waals surface area (Å²) in [4.78, 5) is 50.0. The van der Waals surface area contributed by atoms with Crippen molar-refractivity contribution < 1.29 is 27.6 Å². The number of halogens is 3. The number of carbonyl (C=O) groups excluding carboxylic acids is 3. The van der Waals surface area contributed by atoms with Gasteiger partial charge in [0.15, 0.2) is 0 Å². The lowest BCUT2D eigenvalue weighted by atomic mass is 10.0. The Kier molecular flexibility index (Phi) is 8.00. The van der Waals surface area contributed by atoms with E-state index in [2.05, 4.69) is 20.1 Å². The van der Waals surface area contributed by atoms with Crippen molar-refractivity contribution in [3.05, 3.63) is 48.3 Å². The van der Waals surface area contributed by atoms with Crippen molar-refractivity contribution >= 4 is 41.0 Å². The number of benzene rings is 1. The van der Waals surface area contributed by atoms with Gasteiger partial charge >= 0.3 is 11.5 Å². The number of aromatic nitrogens is 1. The Bertz CT molecular complexity index is 1200. The van der Waals surface area contributed by atoms with Crippen molar-refractivity contribution in [2.75, 3.05) is 50.0 Å². The number of amides is 4. The molecule has 2 saturated heterocycles. The predicted molar refractivity (Wildman–Crippen MR) is 138 cm³/mol. The van der Waals surface area contributed by atoms with E-state index >= 15 is 0 Å². The minimum absolute atomic E-state index is 0.0166. The summed E-state index contributed by atoms with van der Waals surface area (Å²) in [5, 5.41) is 2.88. The fraction of sp³-hybridized carbons (Fsp3) is 0.440. The number of likely N-dealkylation sites (N-methyl/N-ethyl adjacent to an activating group) is 1. The lowest BCUT2D eigenvalue weighted by molar-refractivity contribution is -0.123. The molecule has 9 nitrogen and oxygen atoms in total. The maximum Gasteiger partial charge on any atom is 0.446 e. The molecule has 1 aromatic carbocycles. The van der Waals surface area contributed by atoms with Crippen LogP contribution in [0, 0.1) is 0 Å². The van der Waals surface area contributed by atoms with Gasteiger partial charge in [-0.2, -0.15) is 13.2 Å². The zero-order chi connectivity index (χ0) is 27.7. The molecule has 4 rings (SSSR count). The van der Waals surface area contributed by atoms with Gasteiger partial charge in [0.05, 0.1) is 30.7 Å². The summed E-state index contributed by atoms with van der Waals surface area (Å²) >= 11 is -0.271. The number of thioether (sulfide) groups is 1. The van der Waals surface area contributed by atoms with Crippen molar-refractivity contribution in [1.82, 2.24) is 19.7 Å². The van der Waals surface area contributed by atoms with E-state index in [0.717, 1.165) is 31.1 Å². The van der Waals surface area contributed by atoms with Crippen LogP contribution in [0.25, 0.3) is 0 Å². The van der Waals surface area contributed by atoms with Crippen LogP contribution >= 0.6 is 11.8 Å². The second kappa shape index (κ2) is 10.9. The van der Waals surface area contributed by atoms with Crippen LogP contribution in [0.5, 0.6) is 0 Å². The van der Waals surface area contributed by atoms with Crippen LogP contribution in [-0.2, 0) is 16.1 Å². The Labute approximate surface area is 222 Å². The monoisotopic (exact) mass is 550 g/mol. The Hall–Kier alpha value is -3.16. The van der Waals surface area contributed by atoms with Gasteiger partial charge in [-0.1, -0.05) is 0 Å². The highest BCUT2D eigenvalue weighted by atomic mass is 32.2. The molecule has 0 unspecified atom stereocenters. The zero-order valence-electron chi connectivity index (χ0n) is 21.3. The van der Waals surface area contributed by atoms with Crippen LogP contribution in [0.3, 0.4) is 0 Å². The molecule has 0 radical (unpaired) electrons. The molecule has 2 fully saturated rings. The van der Waals surface area contributed by atoms with Gasteiger partial charge in [0.1, 0.15) is 5.54 Å². The number of hydrogen-bond acceptors (Lipinski definition) is 7. The van der Waals surface area contributed by atoms with Gasteiger partial charge in [-0.05, 0) is 68.6 Å². The van der Waals surface area contributed by atoms with Crippen LogP contribution in [-0.4, -0.2) is 88.3 Å². The fourth-order valence-electron chi connectivity index (χ4n) is 4.37. The van der Waals surface area contributed by atoms with E-state index in [1.165, 1.54) is 41.6 Å². The van der Waals surface area contributed by atoms with E-state index < -0.39 is 23.0 Å². The first-order valence-electron chi connectivity index (χ1n) is 12.0. The van der Waals surface area contributed by atoms with Crippen molar-refractivity contribution in [1.29, 1.82) is 0 Å². The molecule has 0 saturated carbocycles. The van der Waals surface area contributed by atoms with Crippen LogP contribution in [0.1, 0.15) is 19.4 Å². The summed E-state index contributed by atoms with van der Waals surface area (Å²) in [6, 6.07) is 6.15. The van der Waals surface area contributed by atoms with Gasteiger partial charge < -0.3 is 15.1 Å². The van der Waals surface area contributed by atoms with E-state index in [1.807, 2.05) is 7.05 Å². The summed E-state index contributed by atoms with van der Waals surface area (Å²) in [7, 11) is 2.04. The quantitative estimate of drug-likeness (QED) is 0.416. The molecule has 2 aromatic rings. The zero-order valence-corrected chi connectivity index (χ0v) is 22.1. The smallest absolute Gasteiger partial charge is 0.323 e. The molecule has 1 N–H and O–H groups in total. The van der Waals surface area contributed by atoms with E-state index in [1.54, 1.807) is 19.9 Å². The number of nitrogens with one attached hydrogen (secondary N) is 1. The number of alkyl halides is 3. The minimum atomic E-state index is -4.44. The largest absolute Gasteiger partial charge is 0.446 e. The van der Waals surface area contributed by atoms with E-state index in [4.69, 9.17) is 0 Å². The number of piperazine rings is 1. The summed E-state index contributed by atoms with van der Waals surface area (Å²) in [5.74, 6) is -0.709. The van der Waals surface area contributed by atoms with Gasteiger partial charge in [-0.25, -0.2) is 9.69 Å². The van der Waals surface area contributed by atoms with Gasteiger partial charge in [0.2, 0.25) is 5.91 Å². The first-order valence-corrected chi connectivity index (χ1v) is 12.8. The molecule has 2 aliphatic heterocycles. The van der Waals surface area contributed by atoms with Crippen LogP contribution in [0.2, 0.25) is 0 Å². The molecular weight excluding hydrogens is 521 g/mol. The maximum absolute atomic E-state index is 13.4. The summed E-state index contributed by atoms with van der Waals surface area (Å²) in [6.07, 6.45) is 3.04. The number of urea groups is 1. The molecule has 13 heteroatoms. The van der Waals surface area contributed by atoms with Gasteiger partial charge in [-0.15, -0.1) is 0 Å². The molecule has 1 aromatic heterocycles. The second-order valence-corrected chi connectivity index (χ2v) is 10.9. The molecule has 0 aliphatic carbocycles. The highest BCUT2D eigenvalue weighted by Crippen LogP contribution is 2.39. The molecular formula is C25H29F3N6O3S. The van der Waals surface area contributed by atoms with Gasteiger partial charge in [-0.3, -0.25) is 19.5 Å². The molecule has 204 valence electrons. The Balaban J connectivity index is 1.48. The first-order chi connectivity index (χ1) is 17.8. The van der Waals surface area contributed by atoms with E-state index in [9.17, 15) is 27.6 Å². The fourth-order valence-corrected chi connectivity index (χ4v) is 4.91. The van der Waals surface area contributed by atoms with Crippen LogP contribution in [0.4, 0.5) is 29.3 Å². The van der Waals surface area contributed by atoms with Crippen LogP contribution < -0.4 is 10.2 Å². The normalized spacial score (nSPS) is 18.8. The second-order valence-electron chi connectivity index (χ2n) is 9.77. The third-order valence-electron chi connectivity index (χ3n) is 6.63. The summed E-state index contributed by atoms with van der Waals surface area (Å²) in [5.41, 5.74) is -4.46. The molecule has 0 spiro atoms. The van der Waals surface area contributed by atoms with Gasteiger partial charge in [0.25, 0.3) is 5.91 Å². The first kappa shape index (κ1) is 27.9. The Morgan fingerprint density at radius 2 is 1.74 bits per heavy atom. The van der Waals surface area contributed by atoms with E-state index in [0.29, 0.717) is 11.3 Å². The number of nitrogens with zero attached hydrogens (tertiary/aromatic N) is 5. The molecule has 0 atom stereocenters. The average molecular weight is 551 g/mol. The highest BCUT2D eigenvalue weighted by Gasteiger charge is 2.52. The van der Waals surface area contributed by atoms with Crippen molar-refractivity contribution in [2.45, 2.75) is 36.3 Å². The number of imide groups is 1. The predicted octanol–water partition coefficient (Wildman–Crippen LogP) is 3.63. The lowest BCUT2D eigenvalue weighted by Crippen LogP contribution is -2.47. The van der Waals surface area contributed by atoms with E-state index in [-0.39, 0.29) is 41.3 Å². The van der Waals surface area contributed by atoms with Crippen molar-refractivity contribution in [3.63, 3.8) is 0 Å². The Morgan fingerprint density at radius 1 is 1.08 bits per heavy atom. The molecule has 4 amide bonds. The maximum atomic E-state index is 13.4. The summed E-state index contributed by atoms with van der Waals surface area (Å²) in [6.45, 7) is 6.79. The number of hydrogen-bond donors (Lipinski definition) is 1. The van der Waals surface area contributed by atoms with Crippen molar-refractivity contribution in [2.24, 2.45) is 0 Å². The molecule has 38 heavy (non-hydrogen) atoms. The highest BCUT2D eigenvalue weighted by molar-refractivity contribution is 8.00. The third kappa shape index (κ3) is 6.27. The molecule has 2 aliphatic rings. The topological polar surface area (TPSA) is 89.1 Å². The average Bonchev–Trinajstić information content (AvgIpc) is 3.00. The van der Waals surface area contributed by atoms with Crippen molar-refractivity contribution in [3.8, 4) is 0 Å². The SMILES string of the molecule is CN1CCN(CC(=O)Nc2cnccc2CN2C(=O)N(c3ccc(SC(F)(F)F)cc3)C(=O)C2(C)C)CC1. The number of anilines is 2. The third-order valence-corrected chi connectivity index (χ3v) is 7.37. The lowest BCUT2D eigenvalue weighted by Gasteiger charge is -2.32. The number of rotatable bonds is 7. The minimum Gasteiger partial charge on any atom is -0.323 e. The number of carbonyl (C=O) groups is 3. The van der Waals surface area contributed by atoms with Crippen LogP contribution in [0.15, 0.2) is 47.6 Å². The standard InChI is InChI=1S/C25H29F3N6O3S/c1-24(2)22(36)34(18-4-6-19(7-5-18)38-25(26,27)28)23(37)33(24)15-17-8-9-29-14-20(17)30-21(35)16-32-12-10-31(3)11-13-32/h4-9,14H,10-13,15-16H2,1-3H3,(H,30,35).